The maximum Gasteiger partial charge on any atom is 0.0589 e. The Bertz CT molecular complexity index is 265. The molecule has 70 valence electrons. The van der Waals surface area contributed by atoms with Gasteiger partial charge in [-0.2, -0.15) is 0 Å². The minimum atomic E-state index is 0.716. The standard InChI is InChI=1S/C10H13ClN2/c11-9-1-2-10(13-7-9)5-8-3-4-12-6-8/h1-2,7-8,12H,3-6H2. The zero-order valence-electron chi connectivity index (χ0n) is 7.46. The van der Waals surface area contributed by atoms with Crippen LogP contribution in [0.25, 0.3) is 0 Å². The molecule has 0 spiro atoms. The van der Waals surface area contributed by atoms with Crippen molar-refractivity contribution in [1.29, 1.82) is 0 Å². The van der Waals surface area contributed by atoms with Gasteiger partial charge < -0.3 is 5.32 Å². The third-order valence-corrected chi connectivity index (χ3v) is 2.67. The first-order valence-corrected chi connectivity index (χ1v) is 5.03. The van der Waals surface area contributed by atoms with Crippen LogP contribution in [0.15, 0.2) is 18.3 Å². The molecule has 1 N–H and O–H groups in total. The van der Waals surface area contributed by atoms with Crippen molar-refractivity contribution in [2.24, 2.45) is 5.92 Å². The molecule has 1 aliphatic rings. The highest BCUT2D eigenvalue weighted by atomic mass is 35.5. The van der Waals surface area contributed by atoms with Crippen molar-refractivity contribution in [2.45, 2.75) is 12.8 Å². The van der Waals surface area contributed by atoms with E-state index < -0.39 is 0 Å². The monoisotopic (exact) mass is 196 g/mol. The Hall–Kier alpha value is -0.600. The summed E-state index contributed by atoms with van der Waals surface area (Å²) in [5.74, 6) is 0.758. The summed E-state index contributed by atoms with van der Waals surface area (Å²) in [6.45, 7) is 2.28. The fourth-order valence-electron chi connectivity index (χ4n) is 1.71. The average molecular weight is 197 g/mol. The maximum atomic E-state index is 5.75. The van der Waals surface area contributed by atoms with E-state index in [0.29, 0.717) is 5.02 Å². The lowest BCUT2D eigenvalue weighted by Gasteiger charge is -2.06. The van der Waals surface area contributed by atoms with Crippen molar-refractivity contribution < 1.29 is 0 Å². The van der Waals surface area contributed by atoms with Gasteiger partial charge in [0.25, 0.3) is 0 Å². The van der Waals surface area contributed by atoms with Crippen molar-refractivity contribution in [3.63, 3.8) is 0 Å². The van der Waals surface area contributed by atoms with Crippen molar-refractivity contribution in [3.8, 4) is 0 Å². The van der Waals surface area contributed by atoms with Gasteiger partial charge in [0, 0.05) is 11.9 Å². The van der Waals surface area contributed by atoms with Crippen LogP contribution in [-0.4, -0.2) is 18.1 Å². The van der Waals surface area contributed by atoms with E-state index in [4.69, 9.17) is 11.6 Å². The van der Waals surface area contributed by atoms with Gasteiger partial charge in [-0.15, -0.1) is 0 Å². The van der Waals surface area contributed by atoms with Crippen LogP contribution < -0.4 is 5.32 Å². The van der Waals surface area contributed by atoms with Gasteiger partial charge in [0.1, 0.15) is 0 Å². The van der Waals surface area contributed by atoms with E-state index in [1.54, 1.807) is 6.20 Å². The average Bonchev–Trinajstić information content (AvgIpc) is 2.62. The highest BCUT2D eigenvalue weighted by molar-refractivity contribution is 6.30. The molecule has 1 fully saturated rings. The molecule has 2 rings (SSSR count). The zero-order valence-corrected chi connectivity index (χ0v) is 8.22. The molecule has 1 saturated heterocycles. The molecule has 0 bridgehead atoms. The second kappa shape index (κ2) is 4.07. The van der Waals surface area contributed by atoms with Gasteiger partial charge in [0.15, 0.2) is 0 Å². The quantitative estimate of drug-likeness (QED) is 0.782. The van der Waals surface area contributed by atoms with E-state index in [1.807, 2.05) is 12.1 Å². The molecule has 13 heavy (non-hydrogen) atoms. The summed E-state index contributed by atoms with van der Waals surface area (Å²) in [5.41, 5.74) is 1.15. The molecule has 1 aromatic heterocycles. The molecule has 1 aliphatic heterocycles. The van der Waals surface area contributed by atoms with Gasteiger partial charge in [-0.25, -0.2) is 0 Å². The number of nitrogens with one attached hydrogen (secondary N) is 1. The van der Waals surface area contributed by atoms with Crippen molar-refractivity contribution in [1.82, 2.24) is 10.3 Å². The van der Waals surface area contributed by atoms with Crippen LogP contribution in [0.4, 0.5) is 0 Å². The molecule has 1 unspecified atom stereocenters. The maximum absolute atomic E-state index is 5.75. The lowest BCUT2D eigenvalue weighted by molar-refractivity contribution is 0.572. The van der Waals surface area contributed by atoms with E-state index in [1.165, 1.54) is 6.42 Å². The van der Waals surface area contributed by atoms with Gasteiger partial charge in [-0.05, 0) is 44.0 Å². The van der Waals surface area contributed by atoms with Crippen LogP contribution >= 0.6 is 11.6 Å². The Morgan fingerprint density at radius 1 is 1.54 bits per heavy atom. The summed E-state index contributed by atoms with van der Waals surface area (Å²) in [7, 11) is 0. The molecule has 1 atom stereocenters. The number of hydrogen-bond donors (Lipinski definition) is 1. The molecule has 0 radical (unpaired) electrons. The lowest BCUT2D eigenvalue weighted by atomic mass is 10.0. The minimum absolute atomic E-state index is 0.716. The molecule has 0 aromatic carbocycles. The first-order chi connectivity index (χ1) is 6.34. The predicted molar refractivity (Wildman–Crippen MR) is 53.9 cm³/mol. The third-order valence-electron chi connectivity index (χ3n) is 2.45. The van der Waals surface area contributed by atoms with Crippen molar-refractivity contribution in [3.05, 3.63) is 29.0 Å². The van der Waals surface area contributed by atoms with Crippen LogP contribution in [0.1, 0.15) is 12.1 Å². The minimum Gasteiger partial charge on any atom is -0.316 e. The molecule has 2 nitrogen and oxygen atoms in total. The van der Waals surface area contributed by atoms with E-state index in [-0.39, 0.29) is 0 Å². The molecule has 1 aromatic rings. The van der Waals surface area contributed by atoms with E-state index in [9.17, 15) is 0 Å². The van der Waals surface area contributed by atoms with Gasteiger partial charge in [-0.3, -0.25) is 4.98 Å². The number of hydrogen-bond acceptors (Lipinski definition) is 2. The smallest absolute Gasteiger partial charge is 0.0589 e. The van der Waals surface area contributed by atoms with Gasteiger partial charge in [0.2, 0.25) is 0 Å². The first-order valence-electron chi connectivity index (χ1n) is 4.66. The van der Waals surface area contributed by atoms with Crippen LogP contribution in [0, 0.1) is 5.92 Å². The number of pyridine rings is 1. The summed E-state index contributed by atoms with van der Waals surface area (Å²) in [6.07, 6.45) is 4.06. The zero-order chi connectivity index (χ0) is 9.10. The third kappa shape index (κ3) is 2.42. The molecule has 0 saturated carbocycles. The van der Waals surface area contributed by atoms with E-state index >= 15 is 0 Å². The highest BCUT2D eigenvalue weighted by Crippen LogP contribution is 2.14. The molecular formula is C10H13ClN2. The van der Waals surface area contributed by atoms with E-state index in [2.05, 4.69) is 10.3 Å². The Balaban J connectivity index is 1.97. The predicted octanol–water partition coefficient (Wildman–Crippen LogP) is 1.89. The Morgan fingerprint density at radius 3 is 3.08 bits per heavy atom. The Kier molecular flexibility index (Phi) is 2.81. The van der Waals surface area contributed by atoms with Crippen LogP contribution in [0.3, 0.4) is 0 Å². The summed E-state index contributed by atoms with van der Waals surface area (Å²) in [4.78, 5) is 4.28. The van der Waals surface area contributed by atoms with Gasteiger partial charge >= 0.3 is 0 Å². The van der Waals surface area contributed by atoms with Gasteiger partial charge in [0.05, 0.1) is 5.02 Å². The molecule has 0 aliphatic carbocycles. The fraction of sp³-hybridized carbons (Fsp3) is 0.500. The molecular weight excluding hydrogens is 184 g/mol. The Labute approximate surface area is 83.3 Å². The largest absolute Gasteiger partial charge is 0.316 e. The summed E-state index contributed by atoms with van der Waals surface area (Å²) in [5, 5.41) is 4.07. The fourth-order valence-corrected chi connectivity index (χ4v) is 1.82. The normalized spacial score (nSPS) is 22.1. The summed E-state index contributed by atoms with van der Waals surface area (Å²) >= 11 is 5.75. The number of rotatable bonds is 2. The number of nitrogens with zero attached hydrogens (tertiary/aromatic N) is 1. The van der Waals surface area contributed by atoms with Crippen LogP contribution in [0.2, 0.25) is 5.02 Å². The molecule has 0 amide bonds. The summed E-state index contributed by atoms with van der Waals surface area (Å²) < 4.78 is 0. The lowest BCUT2D eigenvalue weighted by Crippen LogP contribution is -2.11. The SMILES string of the molecule is Clc1ccc(CC2CCNC2)nc1. The number of halogens is 1. The van der Waals surface area contributed by atoms with Crippen molar-refractivity contribution in [2.75, 3.05) is 13.1 Å². The number of aromatic nitrogens is 1. The Morgan fingerprint density at radius 2 is 2.46 bits per heavy atom. The van der Waals surface area contributed by atoms with E-state index in [0.717, 1.165) is 31.1 Å². The summed E-state index contributed by atoms with van der Waals surface area (Å²) in [6, 6.07) is 3.92. The topological polar surface area (TPSA) is 24.9 Å². The second-order valence-electron chi connectivity index (χ2n) is 3.53. The van der Waals surface area contributed by atoms with Crippen molar-refractivity contribution >= 4 is 11.6 Å². The van der Waals surface area contributed by atoms with Crippen LogP contribution in [0.5, 0.6) is 0 Å². The highest BCUT2D eigenvalue weighted by Gasteiger charge is 2.14. The molecule has 3 heteroatoms. The first kappa shape index (κ1) is 8.97. The second-order valence-corrected chi connectivity index (χ2v) is 3.97. The van der Waals surface area contributed by atoms with Gasteiger partial charge in [-0.1, -0.05) is 11.6 Å². The molecule has 2 heterocycles. The van der Waals surface area contributed by atoms with Crippen LogP contribution in [-0.2, 0) is 6.42 Å².